The standard InChI is InChI=1S/C13H25NOS/c1-11(16-13-6-2-3-7-13)9-14-10-12-5-4-8-15-12/h11-14H,2-10H2,1H3. The van der Waals surface area contributed by atoms with Crippen molar-refractivity contribution in [3.8, 4) is 0 Å². The summed E-state index contributed by atoms with van der Waals surface area (Å²) < 4.78 is 5.60. The van der Waals surface area contributed by atoms with Gasteiger partial charge in [0.25, 0.3) is 0 Å². The Morgan fingerprint density at radius 1 is 1.25 bits per heavy atom. The van der Waals surface area contributed by atoms with Gasteiger partial charge in [0.1, 0.15) is 0 Å². The maximum Gasteiger partial charge on any atom is 0.0700 e. The maximum absolute atomic E-state index is 5.60. The molecule has 1 N–H and O–H groups in total. The van der Waals surface area contributed by atoms with Gasteiger partial charge in [0.2, 0.25) is 0 Å². The molecule has 3 heteroatoms. The summed E-state index contributed by atoms with van der Waals surface area (Å²) >= 11 is 2.19. The lowest BCUT2D eigenvalue weighted by atomic mass is 10.2. The molecule has 2 atom stereocenters. The molecule has 1 heterocycles. The Labute approximate surface area is 104 Å². The average molecular weight is 243 g/mol. The van der Waals surface area contributed by atoms with E-state index < -0.39 is 0 Å². The van der Waals surface area contributed by atoms with Crippen LogP contribution in [-0.2, 0) is 4.74 Å². The highest BCUT2D eigenvalue weighted by Crippen LogP contribution is 2.31. The zero-order valence-corrected chi connectivity index (χ0v) is 11.2. The van der Waals surface area contributed by atoms with Crippen LogP contribution < -0.4 is 5.32 Å². The van der Waals surface area contributed by atoms with Crippen LogP contribution >= 0.6 is 11.8 Å². The van der Waals surface area contributed by atoms with Crippen molar-refractivity contribution < 1.29 is 4.74 Å². The van der Waals surface area contributed by atoms with Gasteiger partial charge in [0.15, 0.2) is 0 Å². The summed E-state index contributed by atoms with van der Waals surface area (Å²) in [5, 5.41) is 5.25. The van der Waals surface area contributed by atoms with Crippen molar-refractivity contribution >= 4 is 11.8 Å². The topological polar surface area (TPSA) is 21.3 Å². The first-order chi connectivity index (χ1) is 7.84. The molecule has 0 radical (unpaired) electrons. The predicted octanol–water partition coefficient (Wildman–Crippen LogP) is 2.82. The van der Waals surface area contributed by atoms with Crippen LogP contribution in [0.25, 0.3) is 0 Å². The van der Waals surface area contributed by atoms with Gasteiger partial charge in [-0.1, -0.05) is 19.8 Å². The molecule has 0 aromatic rings. The quantitative estimate of drug-likeness (QED) is 0.775. The van der Waals surface area contributed by atoms with Gasteiger partial charge in [-0.15, -0.1) is 0 Å². The Kier molecular flexibility index (Phi) is 5.46. The Bertz CT molecular complexity index is 188. The molecule has 1 aliphatic heterocycles. The Balaban J connectivity index is 1.51. The SMILES string of the molecule is CC(CNCC1CCCO1)SC1CCCC1. The van der Waals surface area contributed by atoms with Gasteiger partial charge in [-0.05, 0) is 25.7 Å². The maximum atomic E-state index is 5.60. The van der Waals surface area contributed by atoms with Crippen molar-refractivity contribution in [2.45, 2.75) is 62.1 Å². The van der Waals surface area contributed by atoms with Crippen LogP contribution in [0.3, 0.4) is 0 Å². The van der Waals surface area contributed by atoms with E-state index in [1.807, 2.05) is 0 Å². The third-order valence-corrected chi connectivity index (χ3v) is 5.04. The molecule has 2 aliphatic rings. The zero-order valence-electron chi connectivity index (χ0n) is 10.4. The minimum atomic E-state index is 0.490. The summed E-state index contributed by atoms with van der Waals surface area (Å²) in [4.78, 5) is 0. The molecule has 1 saturated carbocycles. The third-order valence-electron chi connectivity index (χ3n) is 3.55. The number of thioether (sulfide) groups is 1. The van der Waals surface area contributed by atoms with E-state index in [1.165, 1.54) is 38.5 Å². The number of hydrogen-bond acceptors (Lipinski definition) is 3. The Morgan fingerprint density at radius 3 is 2.75 bits per heavy atom. The second-order valence-corrected chi connectivity index (χ2v) is 6.89. The predicted molar refractivity (Wildman–Crippen MR) is 71.2 cm³/mol. The van der Waals surface area contributed by atoms with Gasteiger partial charge in [-0.25, -0.2) is 0 Å². The fourth-order valence-corrected chi connectivity index (χ4v) is 4.13. The normalized spacial score (nSPS) is 28.7. The minimum Gasteiger partial charge on any atom is -0.377 e. The molecule has 1 aliphatic carbocycles. The largest absolute Gasteiger partial charge is 0.377 e. The van der Waals surface area contributed by atoms with Gasteiger partial charge < -0.3 is 10.1 Å². The highest BCUT2D eigenvalue weighted by Gasteiger charge is 2.19. The van der Waals surface area contributed by atoms with Crippen molar-refractivity contribution in [1.29, 1.82) is 0 Å². The monoisotopic (exact) mass is 243 g/mol. The van der Waals surface area contributed by atoms with Crippen molar-refractivity contribution in [2.75, 3.05) is 19.7 Å². The molecule has 94 valence electrons. The van der Waals surface area contributed by atoms with Gasteiger partial charge in [-0.2, -0.15) is 11.8 Å². The second kappa shape index (κ2) is 6.87. The van der Waals surface area contributed by atoms with Gasteiger partial charge in [0, 0.05) is 30.2 Å². The third kappa shape index (κ3) is 4.27. The molecule has 2 unspecified atom stereocenters. The zero-order chi connectivity index (χ0) is 11.2. The summed E-state index contributed by atoms with van der Waals surface area (Å²) in [6.07, 6.45) is 8.78. The van der Waals surface area contributed by atoms with Gasteiger partial charge in [-0.3, -0.25) is 0 Å². The Morgan fingerprint density at radius 2 is 2.06 bits per heavy atom. The smallest absolute Gasteiger partial charge is 0.0700 e. The van der Waals surface area contributed by atoms with Gasteiger partial charge >= 0.3 is 0 Å². The molecule has 2 rings (SSSR count). The van der Waals surface area contributed by atoms with Crippen LogP contribution in [0.2, 0.25) is 0 Å². The van der Waals surface area contributed by atoms with Crippen LogP contribution in [-0.4, -0.2) is 36.3 Å². The number of rotatable bonds is 6. The number of nitrogens with one attached hydrogen (secondary N) is 1. The van der Waals surface area contributed by atoms with Crippen molar-refractivity contribution in [3.63, 3.8) is 0 Å². The first-order valence-corrected chi connectivity index (χ1v) is 7.76. The van der Waals surface area contributed by atoms with E-state index in [2.05, 4.69) is 24.0 Å². The van der Waals surface area contributed by atoms with Crippen LogP contribution in [0.5, 0.6) is 0 Å². The number of ether oxygens (including phenoxy) is 1. The molecule has 2 fully saturated rings. The molecule has 0 aromatic carbocycles. The van der Waals surface area contributed by atoms with E-state index in [1.54, 1.807) is 0 Å². The first-order valence-electron chi connectivity index (χ1n) is 6.82. The van der Waals surface area contributed by atoms with E-state index in [-0.39, 0.29) is 0 Å². The average Bonchev–Trinajstić information content (AvgIpc) is 2.90. The molecule has 0 bridgehead atoms. The molecule has 0 spiro atoms. The fourth-order valence-electron chi connectivity index (χ4n) is 2.65. The summed E-state index contributed by atoms with van der Waals surface area (Å²) in [6.45, 7) is 5.51. The minimum absolute atomic E-state index is 0.490. The first kappa shape index (κ1) is 12.7. The Hall–Kier alpha value is 0.270. The van der Waals surface area contributed by atoms with Crippen LogP contribution in [0.15, 0.2) is 0 Å². The molecule has 0 aromatic heterocycles. The van der Waals surface area contributed by atoms with Crippen LogP contribution in [0.4, 0.5) is 0 Å². The molecular weight excluding hydrogens is 218 g/mol. The second-order valence-electron chi connectivity index (χ2n) is 5.15. The lowest BCUT2D eigenvalue weighted by Crippen LogP contribution is -2.31. The van der Waals surface area contributed by atoms with Crippen LogP contribution in [0, 0.1) is 0 Å². The van der Waals surface area contributed by atoms with Crippen molar-refractivity contribution in [1.82, 2.24) is 5.32 Å². The van der Waals surface area contributed by atoms with E-state index in [0.717, 1.165) is 30.2 Å². The summed E-state index contributed by atoms with van der Waals surface area (Å²) in [6, 6.07) is 0. The lowest BCUT2D eigenvalue weighted by Gasteiger charge is -2.18. The lowest BCUT2D eigenvalue weighted by molar-refractivity contribution is 0.110. The molecule has 1 saturated heterocycles. The molecule has 2 nitrogen and oxygen atoms in total. The van der Waals surface area contributed by atoms with E-state index in [9.17, 15) is 0 Å². The molecule has 0 amide bonds. The van der Waals surface area contributed by atoms with Crippen molar-refractivity contribution in [2.24, 2.45) is 0 Å². The summed E-state index contributed by atoms with van der Waals surface area (Å²) in [5.41, 5.74) is 0. The number of hydrogen-bond donors (Lipinski definition) is 1. The molecular formula is C13H25NOS. The van der Waals surface area contributed by atoms with E-state index in [0.29, 0.717) is 6.10 Å². The fraction of sp³-hybridized carbons (Fsp3) is 1.00. The summed E-state index contributed by atoms with van der Waals surface area (Å²) in [7, 11) is 0. The summed E-state index contributed by atoms with van der Waals surface area (Å²) in [5.74, 6) is 0. The van der Waals surface area contributed by atoms with E-state index >= 15 is 0 Å². The highest BCUT2D eigenvalue weighted by atomic mass is 32.2. The highest BCUT2D eigenvalue weighted by molar-refractivity contribution is 8.00. The van der Waals surface area contributed by atoms with Gasteiger partial charge in [0.05, 0.1) is 6.10 Å². The van der Waals surface area contributed by atoms with Crippen molar-refractivity contribution in [3.05, 3.63) is 0 Å². The molecule has 16 heavy (non-hydrogen) atoms. The van der Waals surface area contributed by atoms with E-state index in [4.69, 9.17) is 4.74 Å². The van der Waals surface area contributed by atoms with Crippen LogP contribution in [0.1, 0.15) is 45.4 Å².